The third-order valence-corrected chi connectivity index (χ3v) is 6.84. The lowest BCUT2D eigenvalue weighted by atomic mass is 9.97. The molecule has 2 aliphatic heterocycles. The Morgan fingerprint density at radius 2 is 1.88 bits per heavy atom. The molecule has 0 bridgehead atoms. The lowest BCUT2D eigenvalue weighted by Gasteiger charge is -2.32. The number of rotatable bonds is 5. The molecule has 1 aromatic rings. The van der Waals surface area contributed by atoms with Gasteiger partial charge in [-0.05, 0) is 43.7 Å². The summed E-state index contributed by atoms with van der Waals surface area (Å²) in [6.45, 7) is 2.34. The summed E-state index contributed by atoms with van der Waals surface area (Å²) < 4.78 is 32.1. The molecular formula is C18H26N2O4S. The molecule has 1 atom stereocenters. The number of sulfonamides is 1. The van der Waals surface area contributed by atoms with Crippen molar-refractivity contribution in [3.63, 3.8) is 0 Å². The van der Waals surface area contributed by atoms with Gasteiger partial charge in [-0.15, -0.1) is 0 Å². The number of ether oxygens (including phenoxy) is 1. The first-order chi connectivity index (χ1) is 12.1. The molecule has 2 saturated heterocycles. The average molecular weight is 366 g/mol. The van der Waals surface area contributed by atoms with Gasteiger partial charge in [0, 0.05) is 38.8 Å². The zero-order valence-electron chi connectivity index (χ0n) is 14.4. The van der Waals surface area contributed by atoms with Crippen molar-refractivity contribution >= 4 is 15.9 Å². The maximum absolute atomic E-state index is 12.6. The number of carbonyl (C=O) groups is 1. The summed E-state index contributed by atoms with van der Waals surface area (Å²) in [4.78, 5) is 12.5. The highest BCUT2D eigenvalue weighted by Crippen LogP contribution is 2.21. The van der Waals surface area contributed by atoms with E-state index in [1.54, 1.807) is 30.3 Å². The fourth-order valence-corrected chi connectivity index (χ4v) is 4.99. The highest BCUT2D eigenvalue weighted by molar-refractivity contribution is 7.89. The minimum absolute atomic E-state index is 0.0548. The van der Waals surface area contributed by atoms with Crippen LogP contribution >= 0.6 is 0 Å². The van der Waals surface area contributed by atoms with Crippen molar-refractivity contribution in [2.24, 2.45) is 5.92 Å². The second kappa shape index (κ2) is 8.29. The lowest BCUT2D eigenvalue weighted by molar-refractivity contribution is -0.124. The van der Waals surface area contributed by atoms with Gasteiger partial charge >= 0.3 is 0 Å². The number of nitrogens with zero attached hydrogens (tertiary/aromatic N) is 1. The maximum atomic E-state index is 12.6. The van der Waals surface area contributed by atoms with Crippen molar-refractivity contribution in [3.05, 3.63) is 30.3 Å². The van der Waals surface area contributed by atoms with E-state index in [-0.39, 0.29) is 11.9 Å². The lowest BCUT2D eigenvalue weighted by Crippen LogP contribution is -2.46. The molecular weight excluding hydrogens is 340 g/mol. The monoisotopic (exact) mass is 366 g/mol. The Labute approximate surface area is 149 Å². The largest absolute Gasteiger partial charge is 0.381 e. The van der Waals surface area contributed by atoms with Gasteiger partial charge in [0.25, 0.3) is 0 Å². The standard InChI is InChI=1S/C18H26N2O4S/c21-18(13-15-5-4-12-24-14-15)19-16-8-10-20(11-9-16)25(22,23)17-6-2-1-3-7-17/h1-3,6-7,15-16H,4-5,8-14H2,(H,19,21)/t15-/m0/s1. The fourth-order valence-electron chi connectivity index (χ4n) is 3.50. The van der Waals surface area contributed by atoms with Crippen molar-refractivity contribution in [3.8, 4) is 0 Å². The zero-order chi connectivity index (χ0) is 17.7. The van der Waals surface area contributed by atoms with Gasteiger partial charge in [0.1, 0.15) is 0 Å². The van der Waals surface area contributed by atoms with Crippen LogP contribution in [0.1, 0.15) is 32.1 Å². The van der Waals surface area contributed by atoms with Gasteiger partial charge < -0.3 is 10.1 Å². The van der Waals surface area contributed by atoms with E-state index in [2.05, 4.69) is 5.32 Å². The van der Waals surface area contributed by atoms with Crippen LogP contribution in [0.2, 0.25) is 0 Å². The summed E-state index contributed by atoms with van der Waals surface area (Å²) in [6, 6.07) is 8.56. The summed E-state index contributed by atoms with van der Waals surface area (Å²) in [5.74, 6) is 0.368. The predicted molar refractivity (Wildman–Crippen MR) is 94.5 cm³/mol. The van der Waals surface area contributed by atoms with Crippen molar-refractivity contribution in [2.45, 2.75) is 43.0 Å². The Morgan fingerprint density at radius 1 is 1.16 bits per heavy atom. The number of benzene rings is 1. The first-order valence-electron chi connectivity index (χ1n) is 8.98. The molecule has 7 heteroatoms. The van der Waals surface area contributed by atoms with Crippen LogP contribution in [0.3, 0.4) is 0 Å². The van der Waals surface area contributed by atoms with Crippen molar-refractivity contribution in [2.75, 3.05) is 26.3 Å². The van der Waals surface area contributed by atoms with Crippen LogP contribution in [-0.4, -0.2) is 51.0 Å². The topological polar surface area (TPSA) is 75.7 Å². The van der Waals surface area contributed by atoms with Crippen LogP contribution in [-0.2, 0) is 19.6 Å². The normalized spacial score (nSPS) is 23.3. The maximum Gasteiger partial charge on any atom is 0.243 e. The third kappa shape index (κ3) is 4.80. The Kier molecular flexibility index (Phi) is 6.09. The van der Waals surface area contributed by atoms with Gasteiger partial charge in [-0.2, -0.15) is 4.31 Å². The number of amides is 1. The third-order valence-electron chi connectivity index (χ3n) is 4.93. The van der Waals surface area contributed by atoms with Crippen LogP contribution in [0, 0.1) is 5.92 Å². The van der Waals surface area contributed by atoms with E-state index in [0.29, 0.717) is 49.8 Å². The molecule has 1 aromatic carbocycles. The Morgan fingerprint density at radius 3 is 2.52 bits per heavy atom. The van der Waals surface area contributed by atoms with E-state index in [1.165, 1.54) is 4.31 Å². The van der Waals surface area contributed by atoms with E-state index in [9.17, 15) is 13.2 Å². The van der Waals surface area contributed by atoms with Crippen molar-refractivity contribution in [1.29, 1.82) is 0 Å². The van der Waals surface area contributed by atoms with E-state index in [0.717, 1.165) is 19.4 Å². The van der Waals surface area contributed by atoms with Crippen LogP contribution in [0.15, 0.2) is 35.2 Å². The SMILES string of the molecule is O=C(C[C@@H]1CCCOC1)NC1CCN(S(=O)(=O)c2ccccc2)CC1. The van der Waals surface area contributed by atoms with Gasteiger partial charge in [-0.3, -0.25) is 4.79 Å². The van der Waals surface area contributed by atoms with E-state index in [1.807, 2.05) is 0 Å². The number of carbonyl (C=O) groups excluding carboxylic acids is 1. The molecule has 1 amide bonds. The summed E-state index contributed by atoms with van der Waals surface area (Å²) in [5, 5.41) is 3.06. The minimum Gasteiger partial charge on any atom is -0.381 e. The van der Waals surface area contributed by atoms with E-state index in [4.69, 9.17) is 4.74 Å². The van der Waals surface area contributed by atoms with Gasteiger partial charge in [0.2, 0.25) is 15.9 Å². The molecule has 0 saturated carbocycles. The molecule has 0 unspecified atom stereocenters. The number of hydrogen-bond donors (Lipinski definition) is 1. The average Bonchev–Trinajstić information content (AvgIpc) is 2.63. The second-order valence-corrected chi connectivity index (χ2v) is 8.78. The zero-order valence-corrected chi connectivity index (χ0v) is 15.2. The van der Waals surface area contributed by atoms with Gasteiger partial charge in [0.05, 0.1) is 4.90 Å². The van der Waals surface area contributed by atoms with Crippen LogP contribution in [0.5, 0.6) is 0 Å². The van der Waals surface area contributed by atoms with E-state index < -0.39 is 10.0 Å². The molecule has 0 aromatic heterocycles. The molecule has 138 valence electrons. The second-order valence-electron chi connectivity index (χ2n) is 6.85. The summed E-state index contributed by atoms with van der Waals surface area (Å²) in [5.41, 5.74) is 0. The summed E-state index contributed by atoms with van der Waals surface area (Å²) in [6.07, 6.45) is 3.87. The first-order valence-corrected chi connectivity index (χ1v) is 10.4. The Balaban J connectivity index is 1.47. The van der Waals surface area contributed by atoms with Crippen LogP contribution < -0.4 is 5.32 Å². The smallest absolute Gasteiger partial charge is 0.243 e. The number of hydrogen-bond acceptors (Lipinski definition) is 4. The first kappa shape index (κ1) is 18.4. The highest BCUT2D eigenvalue weighted by atomic mass is 32.2. The van der Waals surface area contributed by atoms with Gasteiger partial charge in [-0.1, -0.05) is 18.2 Å². The Hall–Kier alpha value is -1.44. The van der Waals surface area contributed by atoms with Crippen LogP contribution in [0.4, 0.5) is 0 Å². The van der Waals surface area contributed by atoms with Crippen molar-refractivity contribution in [1.82, 2.24) is 9.62 Å². The predicted octanol–water partition coefficient (Wildman–Crippen LogP) is 1.77. The summed E-state index contributed by atoms with van der Waals surface area (Å²) >= 11 is 0. The van der Waals surface area contributed by atoms with Crippen molar-refractivity contribution < 1.29 is 17.9 Å². The number of nitrogens with one attached hydrogen (secondary N) is 1. The van der Waals surface area contributed by atoms with Gasteiger partial charge in [-0.25, -0.2) is 8.42 Å². The molecule has 25 heavy (non-hydrogen) atoms. The molecule has 0 spiro atoms. The Bertz CT molecular complexity index is 664. The molecule has 2 fully saturated rings. The molecule has 2 heterocycles. The van der Waals surface area contributed by atoms with E-state index >= 15 is 0 Å². The fraction of sp³-hybridized carbons (Fsp3) is 0.611. The van der Waals surface area contributed by atoms with Crippen LogP contribution in [0.25, 0.3) is 0 Å². The molecule has 6 nitrogen and oxygen atoms in total. The minimum atomic E-state index is -3.43. The summed E-state index contributed by atoms with van der Waals surface area (Å²) in [7, 11) is -3.43. The molecule has 2 aliphatic rings. The quantitative estimate of drug-likeness (QED) is 0.862. The highest BCUT2D eigenvalue weighted by Gasteiger charge is 2.30. The molecule has 0 radical (unpaired) electrons. The van der Waals surface area contributed by atoms with Gasteiger partial charge in [0.15, 0.2) is 0 Å². The number of piperidine rings is 1. The molecule has 0 aliphatic carbocycles. The molecule has 3 rings (SSSR count). The molecule has 1 N–H and O–H groups in total.